The van der Waals surface area contributed by atoms with Crippen LogP contribution < -0.4 is 5.32 Å². The molecule has 1 aromatic rings. The molecule has 1 fully saturated rings. The fraction of sp³-hybridized carbons (Fsp3) is 0.733. The van der Waals surface area contributed by atoms with Crippen LogP contribution in [0.5, 0.6) is 0 Å². The van der Waals surface area contributed by atoms with E-state index in [4.69, 9.17) is 0 Å². The molecule has 1 nitrogen and oxygen atoms in total. The second-order valence-corrected chi connectivity index (χ2v) is 8.09. The highest BCUT2D eigenvalue weighted by Crippen LogP contribution is 2.37. The maximum atomic E-state index is 3.75. The number of rotatable bonds is 6. The molecule has 0 saturated heterocycles. The van der Waals surface area contributed by atoms with Gasteiger partial charge in [0, 0.05) is 10.9 Å². The van der Waals surface area contributed by atoms with Crippen LogP contribution in [-0.4, -0.2) is 6.54 Å². The second kappa shape index (κ2) is 7.06. The quantitative estimate of drug-likeness (QED) is 0.732. The van der Waals surface area contributed by atoms with Gasteiger partial charge in [-0.2, -0.15) is 0 Å². The lowest BCUT2D eigenvalue weighted by Crippen LogP contribution is -2.24. The molecule has 1 saturated carbocycles. The van der Waals surface area contributed by atoms with Crippen molar-refractivity contribution < 1.29 is 0 Å². The van der Waals surface area contributed by atoms with Crippen molar-refractivity contribution in [2.45, 2.75) is 58.4 Å². The van der Waals surface area contributed by atoms with Crippen molar-refractivity contribution in [3.63, 3.8) is 0 Å². The minimum Gasteiger partial charge on any atom is -0.310 e. The van der Waals surface area contributed by atoms with E-state index in [1.54, 1.807) is 0 Å². The van der Waals surface area contributed by atoms with Crippen LogP contribution in [-0.2, 0) is 0 Å². The molecule has 0 aromatic carbocycles. The summed E-state index contributed by atoms with van der Waals surface area (Å²) in [6, 6.07) is 2.89. The first-order valence-electron chi connectivity index (χ1n) is 7.20. The van der Waals surface area contributed by atoms with E-state index >= 15 is 0 Å². The summed E-state index contributed by atoms with van der Waals surface area (Å²) in [5, 5.41) is 3.75. The predicted octanol–water partition coefficient (Wildman–Crippen LogP) is 5.44. The van der Waals surface area contributed by atoms with Crippen molar-refractivity contribution in [2.24, 2.45) is 5.92 Å². The van der Waals surface area contributed by atoms with Gasteiger partial charge in [0.1, 0.15) is 0 Å². The zero-order valence-electron chi connectivity index (χ0n) is 11.5. The molecule has 0 aliphatic heterocycles. The third kappa shape index (κ3) is 3.82. The van der Waals surface area contributed by atoms with E-state index in [1.165, 1.54) is 52.8 Å². The zero-order valence-corrected chi connectivity index (χ0v) is 13.9. The highest BCUT2D eigenvalue weighted by Gasteiger charge is 2.22. The summed E-state index contributed by atoms with van der Waals surface area (Å²) in [4.78, 5) is 1.47. The number of hydrogen-bond donors (Lipinski definition) is 1. The van der Waals surface area contributed by atoms with E-state index in [0.29, 0.717) is 6.04 Å². The Labute approximate surface area is 123 Å². The van der Waals surface area contributed by atoms with Gasteiger partial charge >= 0.3 is 0 Å². The Balaban J connectivity index is 2.05. The molecule has 1 atom stereocenters. The summed E-state index contributed by atoms with van der Waals surface area (Å²) in [6.07, 6.45) is 8.30. The second-order valence-electron chi connectivity index (χ2n) is 5.45. The van der Waals surface area contributed by atoms with Gasteiger partial charge in [-0.3, -0.25) is 0 Å². The van der Waals surface area contributed by atoms with Gasteiger partial charge in [0.25, 0.3) is 0 Å². The summed E-state index contributed by atoms with van der Waals surface area (Å²) in [6.45, 7) is 5.63. The first kappa shape index (κ1) is 14.5. The third-order valence-electron chi connectivity index (χ3n) is 3.99. The zero-order chi connectivity index (χ0) is 13.0. The Morgan fingerprint density at radius 2 is 2.17 bits per heavy atom. The summed E-state index contributed by atoms with van der Waals surface area (Å²) in [5.41, 5.74) is 1.52. The van der Waals surface area contributed by atoms with Crippen LogP contribution in [0.4, 0.5) is 0 Å². The lowest BCUT2D eigenvalue weighted by Gasteiger charge is -2.22. The van der Waals surface area contributed by atoms with Crippen LogP contribution in [0.1, 0.15) is 61.9 Å². The highest BCUT2D eigenvalue weighted by atomic mass is 79.9. The minimum atomic E-state index is 0.565. The van der Waals surface area contributed by atoms with Gasteiger partial charge in [0.2, 0.25) is 0 Å². The van der Waals surface area contributed by atoms with Crippen LogP contribution in [0.2, 0.25) is 0 Å². The van der Waals surface area contributed by atoms with Crippen molar-refractivity contribution in [1.29, 1.82) is 0 Å². The predicted molar refractivity (Wildman–Crippen MR) is 84.4 cm³/mol. The molecule has 1 N–H and O–H groups in total. The van der Waals surface area contributed by atoms with Crippen LogP contribution in [0.3, 0.4) is 0 Å². The van der Waals surface area contributed by atoms with Crippen LogP contribution in [0.15, 0.2) is 9.85 Å². The lowest BCUT2D eigenvalue weighted by atomic mass is 9.94. The molecule has 1 heterocycles. The van der Waals surface area contributed by atoms with E-state index < -0.39 is 0 Å². The van der Waals surface area contributed by atoms with Crippen LogP contribution in [0.25, 0.3) is 0 Å². The molecule has 18 heavy (non-hydrogen) atoms. The molecule has 0 radical (unpaired) electrons. The van der Waals surface area contributed by atoms with Gasteiger partial charge in [-0.05, 0) is 59.8 Å². The molecule has 3 heteroatoms. The maximum absolute atomic E-state index is 3.75. The number of thiophene rings is 1. The van der Waals surface area contributed by atoms with Crippen molar-refractivity contribution in [3.8, 4) is 0 Å². The molecule has 0 amide bonds. The number of nitrogens with one attached hydrogen (secondary N) is 1. The molecule has 0 bridgehead atoms. The molecular weight excluding hydrogens is 306 g/mol. The van der Waals surface area contributed by atoms with Crippen molar-refractivity contribution in [3.05, 3.63) is 20.3 Å². The average Bonchev–Trinajstić information content (AvgIpc) is 2.94. The Hall–Kier alpha value is 0.140. The standard InChI is InChI=1S/C15H24BrNS/c1-3-8-17-14(9-12-6-4-5-7-12)13-10-15(16)18-11(13)2/h10,12,14,17H,3-9H2,1-2H3. The molecular formula is C15H24BrNS. The fourth-order valence-electron chi connectivity index (χ4n) is 3.02. The smallest absolute Gasteiger partial charge is 0.0704 e. The molecule has 1 aliphatic rings. The highest BCUT2D eigenvalue weighted by molar-refractivity contribution is 9.11. The van der Waals surface area contributed by atoms with Crippen LogP contribution >= 0.6 is 27.3 Å². The minimum absolute atomic E-state index is 0.565. The maximum Gasteiger partial charge on any atom is 0.0704 e. The number of halogens is 1. The largest absolute Gasteiger partial charge is 0.310 e. The Morgan fingerprint density at radius 3 is 2.72 bits per heavy atom. The Morgan fingerprint density at radius 1 is 1.44 bits per heavy atom. The lowest BCUT2D eigenvalue weighted by molar-refractivity contribution is 0.395. The first-order valence-corrected chi connectivity index (χ1v) is 8.81. The topological polar surface area (TPSA) is 12.0 Å². The van der Waals surface area contributed by atoms with Crippen molar-refractivity contribution in [1.82, 2.24) is 5.32 Å². The molecule has 2 rings (SSSR count). The summed E-state index contributed by atoms with van der Waals surface area (Å²) in [5.74, 6) is 0.942. The van der Waals surface area contributed by atoms with E-state index in [0.717, 1.165) is 12.5 Å². The molecule has 102 valence electrons. The normalized spacial score (nSPS) is 18.4. The Kier molecular flexibility index (Phi) is 5.71. The van der Waals surface area contributed by atoms with Gasteiger partial charge in [-0.15, -0.1) is 11.3 Å². The molecule has 1 aromatic heterocycles. The average molecular weight is 330 g/mol. The van der Waals surface area contributed by atoms with Crippen molar-refractivity contribution >= 4 is 27.3 Å². The van der Waals surface area contributed by atoms with Gasteiger partial charge in [-0.25, -0.2) is 0 Å². The monoisotopic (exact) mass is 329 g/mol. The van der Waals surface area contributed by atoms with Gasteiger partial charge in [-0.1, -0.05) is 32.6 Å². The van der Waals surface area contributed by atoms with Crippen LogP contribution in [0, 0.1) is 12.8 Å². The molecule has 1 aliphatic carbocycles. The summed E-state index contributed by atoms with van der Waals surface area (Å²) >= 11 is 5.49. The molecule has 0 spiro atoms. The van der Waals surface area contributed by atoms with Crippen molar-refractivity contribution in [2.75, 3.05) is 6.54 Å². The number of hydrogen-bond acceptors (Lipinski definition) is 2. The fourth-order valence-corrected chi connectivity index (χ4v) is 4.80. The van der Waals surface area contributed by atoms with E-state index in [-0.39, 0.29) is 0 Å². The summed E-state index contributed by atoms with van der Waals surface area (Å²) < 4.78 is 1.27. The van der Waals surface area contributed by atoms with Gasteiger partial charge < -0.3 is 5.32 Å². The van der Waals surface area contributed by atoms with E-state index in [2.05, 4.69) is 41.2 Å². The third-order valence-corrected chi connectivity index (χ3v) is 5.56. The first-order chi connectivity index (χ1) is 8.70. The summed E-state index contributed by atoms with van der Waals surface area (Å²) in [7, 11) is 0. The Bertz CT molecular complexity index is 369. The van der Waals surface area contributed by atoms with E-state index in [9.17, 15) is 0 Å². The molecule has 1 unspecified atom stereocenters. The van der Waals surface area contributed by atoms with Gasteiger partial charge in [0.15, 0.2) is 0 Å². The van der Waals surface area contributed by atoms with Gasteiger partial charge in [0.05, 0.1) is 3.79 Å². The SMILES string of the molecule is CCCNC(CC1CCCC1)c1cc(Br)sc1C. The number of aryl methyl sites for hydroxylation is 1. The van der Waals surface area contributed by atoms with E-state index in [1.807, 2.05) is 11.3 Å².